The van der Waals surface area contributed by atoms with Gasteiger partial charge in [-0.3, -0.25) is 15.0 Å². The monoisotopic (exact) mass is 355 g/mol. The number of hydrogen-bond donors (Lipinski definition) is 2. The van der Waals surface area contributed by atoms with Gasteiger partial charge in [0, 0.05) is 35.8 Å². The number of nitrogens with zero attached hydrogens (tertiary/aromatic N) is 1. The summed E-state index contributed by atoms with van der Waals surface area (Å²) in [5, 5.41) is 6.73. The number of rotatable bonds is 4. The number of hydrogen-bond acceptors (Lipinski definition) is 4. The molecule has 1 aromatic carbocycles. The topological polar surface area (TPSA) is 53.6 Å². The molecular weight excluding hydrogens is 334 g/mol. The van der Waals surface area contributed by atoms with Crippen molar-refractivity contribution in [2.45, 2.75) is 19.4 Å². The molecule has 0 atom stereocenters. The van der Waals surface area contributed by atoms with E-state index in [4.69, 9.17) is 28.6 Å². The molecule has 1 aliphatic heterocycles. The smallest absolute Gasteiger partial charge is 0.257 e. The number of carbonyl (C=O) groups excluding carboxylic acids is 1. The highest BCUT2D eigenvalue weighted by Gasteiger charge is 2.28. The third kappa shape index (κ3) is 5.42. The lowest BCUT2D eigenvalue weighted by molar-refractivity contribution is -0.00828. The normalized spacial score (nSPS) is 16.0. The van der Waals surface area contributed by atoms with E-state index in [-0.39, 0.29) is 11.4 Å². The van der Waals surface area contributed by atoms with Crippen molar-refractivity contribution in [2.24, 2.45) is 0 Å². The lowest BCUT2D eigenvalue weighted by Gasteiger charge is -2.41. The molecule has 7 heteroatoms. The quantitative estimate of drug-likeness (QED) is 0.810. The Morgan fingerprint density at radius 1 is 1.30 bits per heavy atom. The van der Waals surface area contributed by atoms with Gasteiger partial charge in [-0.1, -0.05) is 11.6 Å². The lowest BCUT2D eigenvalue weighted by atomic mass is 10.0. The molecule has 0 aliphatic carbocycles. The molecule has 1 fully saturated rings. The van der Waals surface area contributed by atoms with E-state index in [0.717, 1.165) is 26.3 Å². The Kier molecular flexibility index (Phi) is 6.35. The van der Waals surface area contributed by atoms with E-state index < -0.39 is 0 Å². The van der Waals surface area contributed by atoms with Crippen LogP contribution in [0.2, 0.25) is 5.02 Å². The van der Waals surface area contributed by atoms with E-state index in [0.29, 0.717) is 22.2 Å². The summed E-state index contributed by atoms with van der Waals surface area (Å²) in [5.41, 5.74) is 0.449. The van der Waals surface area contributed by atoms with E-state index in [2.05, 4.69) is 29.4 Å². The zero-order chi connectivity index (χ0) is 16.9. The van der Waals surface area contributed by atoms with Crippen molar-refractivity contribution >= 4 is 34.8 Å². The van der Waals surface area contributed by atoms with Crippen molar-refractivity contribution in [1.82, 2.24) is 15.5 Å². The molecule has 0 spiro atoms. The van der Waals surface area contributed by atoms with Crippen molar-refractivity contribution in [1.29, 1.82) is 0 Å². The first-order valence-electron chi connectivity index (χ1n) is 7.56. The lowest BCUT2D eigenvalue weighted by Crippen LogP contribution is -2.56. The molecule has 1 aliphatic rings. The van der Waals surface area contributed by atoms with Gasteiger partial charge in [0.15, 0.2) is 5.11 Å². The van der Waals surface area contributed by atoms with Crippen molar-refractivity contribution in [3.05, 3.63) is 34.9 Å². The third-order valence-electron chi connectivity index (χ3n) is 3.88. The number of halogens is 1. The second-order valence-corrected chi connectivity index (χ2v) is 6.90. The average Bonchev–Trinajstić information content (AvgIpc) is 2.54. The van der Waals surface area contributed by atoms with Crippen LogP contribution >= 0.6 is 23.8 Å². The number of nitrogens with one attached hydrogen (secondary N) is 2. The summed E-state index contributed by atoms with van der Waals surface area (Å²) in [6.07, 6.45) is 0. The van der Waals surface area contributed by atoms with Crippen molar-refractivity contribution in [3.63, 3.8) is 0 Å². The minimum atomic E-state index is -0.247. The molecule has 1 heterocycles. The molecule has 0 saturated carbocycles. The highest BCUT2D eigenvalue weighted by molar-refractivity contribution is 7.80. The van der Waals surface area contributed by atoms with Gasteiger partial charge in [0.1, 0.15) is 0 Å². The predicted molar refractivity (Wildman–Crippen MR) is 96.0 cm³/mol. The number of thiocarbonyl (C=S) groups is 1. The molecule has 0 unspecified atom stereocenters. The predicted octanol–water partition coefficient (Wildman–Crippen LogP) is 2.06. The largest absolute Gasteiger partial charge is 0.379 e. The summed E-state index contributed by atoms with van der Waals surface area (Å²) >= 11 is 11.0. The number of amides is 1. The summed E-state index contributed by atoms with van der Waals surface area (Å²) in [5.74, 6) is -0.247. The van der Waals surface area contributed by atoms with Gasteiger partial charge >= 0.3 is 0 Å². The van der Waals surface area contributed by atoms with Gasteiger partial charge in [0.05, 0.1) is 13.2 Å². The summed E-state index contributed by atoms with van der Waals surface area (Å²) in [7, 11) is 0. The fourth-order valence-electron chi connectivity index (χ4n) is 2.40. The van der Waals surface area contributed by atoms with E-state index in [1.165, 1.54) is 0 Å². The van der Waals surface area contributed by atoms with Crippen LogP contribution < -0.4 is 10.6 Å². The molecular formula is C16H22ClN3O2S. The molecule has 1 aromatic rings. The van der Waals surface area contributed by atoms with E-state index in [1.54, 1.807) is 24.3 Å². The van der Waals surface area contributed by atoms with Crippen LogP contribution in [-0.4, -0.2) is 54.3 Å². The van der Waals surface area contributed by atoms with E-state index >= 15 is 0 Å². The Morgan fingerprint density at radius 3 is 2.52 bits per heavy atom. The fourth-order valence-corrected chi connectivity index (χ4v) is 2.69. The maximum atomic E-state index is 12.1. The van der Waals surface area contributed by atoms with Gasteiger partial charge in [-0.15, -0.1) is 0 Å². The minimum absolute atomic E-state index is 0.0706. The van der Waals surface area contributed by atoms with Crippen LogP contribution in [0.5, 0.6) is 0 Å². The Balaban J connectivity index is 1.82. The zero-order valence-corrected chi connectivity index (χ0v) is 15.0. The van der Waals surface area contributed by atoms with Crippen LogP contribution in [0.3, 0.4) is 0 Å². The zero-order valence-electron chi connectivity index (χ0n) is 13.4. The highest BCUT2D eigenvalue weighted by Crippen LogP contribution is 2.15. The molecule has 1 amide bonds. The summed E-state index contributed by atoms with van der Waals surface area (Å²) < 4.78 is 5.38. The average molecular weight is 356 g/mol. The molecule has 5 nitrogen and oxygen atoms in total. The van der Waals surface area contributed by atoms with Gasteiger partial charge in [-0.25, -0.2) is 0 Å². The van der Waals surface area contributed by atoms with Gasteiger partial charge in [-0.2, -0.15) is 0 Å². The standard InChI is InChI=1S/C16H22ClN3O2S/c1-16(2,20-7-9-22-10-8-20)11-18-15(23)19-14(21)12-3-5-13(17)6-4-12/h3-6H,7-11H2,1-2H3,(H2,18,19,21,23). The van der Waals surface area contributed by atoms with Crippen LogP contribution in [0.25, 0.3) is 0 Å². The number of carbonyl (C=O) groups is 1. The summed E-state index contributed by atoms with van der Waals surface area (Å²) in [6, 6.07) is 6.68. The van der Waals surface area contributed by atoms with Gasteiger partial charge in [0.25, 0.3) is 5.91 Å². The van der Waals surface area contributed by atoms with Crippen molar-refractivity contribution in [3.8, 4) is 0 Å². The Bertz CT molecular complexity index is 557. The van der Waals surface area contributed by atoms with E-state index in [9.17, 15) is 4.79 Å². The van der Waals surface area contributed by atoms with Gasteiger partial charge < -0.3 is 10.1 Å². The van der Waals surface area contributed by atoms with Gasteiger partial charge in [-0.05, 0) is 50.3 Å². The second kappa shape index (κ2) is 8.06. The van der Waals surface area contributed by atoms with Crippen molar-refractivity contribution in [2.75, 3.05) is 32.8 Å². The summed E-state index contributed by atoms with van der Waals surface area (Å²) in [4.78, 5) is 14.4. The van der Waals surface area contributed by atoms with Crippen LogP contribution in [0, 0.1) is 0 Å². The molecule has 0 radical (unpaired) electrons. The fraction of sp³-hybridized carbons (Fsp3) is 0.500. The Labute approximate surface area is 147 Å². The molecule has 2 N–H and O–H groups in total. The maximum absolute atomic E-state index is 12.1. The molecule has 23 heavy (non-hydrogen) atoms. The first kappa shape index (κ1) is 18.1. The first-order chi connectivity index (χ1) is 10.9. The highest BCUT2D eigenvalue weighted by atomic mass is 35.5. The van der Waals surface area contributed by atoms with Crippen LogP contribution in [0.15, 0.2) is 24.3 Å². The molecule has 0 aromatic heterocycles. The Morgan fingerprint density at radius 2 is 1.91 bits per heavy atom. The van der Waals surface area contributed by atoms with Gasteiger partial charge in [0.2, 0.25) is 0 Å². The molecule has 2 rings (SSSR count). The Hall–Kier alpha value is -1.21. The maximum Gasteiger partial charge on any atom is 0.257 e. The molecule has 0 bridgehead atoms. The number of ether oxygens (including phenoxy) is 1. The summed E-state index contributed by atoms with van der Waals surface area (Å²) in [6.45, 7) is 8.25. The van der Waals surface area contributed by atoms with Crippen molar-refractivity contribution < 1.29 is 9.53 Å². The molecule has 126 valence electrons. The first-order valence-corrected chi connectivity index (χ1v) is 8.35. The van der Waals surface area contributed by atoms with Crippen LogP contribution in [-0.2, 0) is 4.74 Å². The second-order valence-electron chi connectivity index (χ2n) is 6.06. The third-order valence-corrected chi connectivity index (χ3v) is 4.38. The van der Waals surface area contributed by atoms with Crippen LogP contribution in [0.4, 0.5) is 0 Å². The van der Waals surface area contributed by atoms with E-state index in [1.807, 2.05) is 0 Å². The minimum Gasteiger partial charge on any atom is -0.379 e. The molecule has 1 saturated heterocycles. The number of benzene rings is 1. The SMILES string of the molecule is CC(C)(CNC(=S)NC(=O)c1ccc(Cl)cc1)N1CCOCC1. The van der Waals surface area contributed by atoms with Crippen LogP contribution in [0.1, 0.15) is 24.2 Å². The number of morpholine rings is 1.